The van der Waals surface area contributed by atoms with Crippen molar-refractivity contribution in [2.24, 2.45) is 0 Å². The Morgan fingerprint density at radius 2 is 1.83 bits per heavy atom. The van der Waals surface area contributed by atoms with Gasteiger partial charge in [0.05, 0.1) is 31.0 Å². The van der Waals surface area contributed by atoms with Crippen LogP contribution in [0.2, 0.25) is 0 Å². The normalized spacial score (nSPS) is 15.8. The lowest BCUT2D eigenvalue weighted by Gasteiger charge is -2.29. The Kier molecular flexibility index (Phi) is 6.73. The summed E-state index contributed by atoms with van der Waals surface area (Å²) >= 11 is 1.27. The first-order chi connectivity index (χ1) is 14.4. The van der Waals surface area contributed by atoms with E-state index in [1.54, 1.807) is 43.7 Å². The van der Waals surface area contributed by atoms with E-state index in [1.807, 2.05) is 13.0 Å². The topological polar surface area (TPSA) is 103 Å². The van der Waals surface area contributed by atoms with Crippen LogP contribution in [0.15, 0.2) is 47.0 Å². The average molecular weight is 430 g/mol. The summed E-state index contributed by atoms with van der Waals surface area (Å²) in [6, 6.07) is 7.48. The summed E-state index contributed by atoms with van der Waals surface area (Å²) in [5.41, 5.74) is 1.82. The number of carbonyl (C=O) groups excluding carboxylic acids is 3. The van der Waals surface area contributed by atoms with Crippen molar-refractivity contribution in [3.05, 3.63) is 63.0 Å². The number of nitrogens with one attached hydrogen (secondary N) is 2. The Hall–Kier alpha value is -3.33. The van der Waals surface area contributed by atoms with Crippen LogP contribution in [0.3, 0.4) is 0 Å². The maximum Gasteiger partial charge on any atom is 0.348 e. The summed E-state index contributed by atoms with van der Waals surface area (Å²) in [5.74, 6) is -0.489. The van der Waals surface area contributed by atoms with Gasteiger partial charge in [-0.2, -0.15) is 0 Å². The quantitative estimate of drug-likeness (QED) is 0.655. The van der Waals surface area contributed by atoms with Gasteiger partial charge in [-0.3, -0.25) is 0 Å². The largest absolute Gasteiger partial charge is 0.497 e. The molecule has 2 amide bonds. The molecule has 9 heteroatoms. The van der Waals surface area contributed by atoms with Crippen LogP contribution in [0.4, 0.5) is 4.79 Å². The van der Waals surface area contributed by atoms with Crippen molar-refractivity contribution < 1.29 is 28.6 Å². The Bertz CT molecular complexity index is 980. The van der Waals surface area contributed by atoms with Crippen LogP contribution in [-0.4, -0.2) is 38.3 Å². The summed E-state index contributed by atoms with van der Waals surface area (Å²) in [5, 5.41) is 7.09. The molecule has 1 aromatic carbocycles. The zero-order valence-corrected chi connectivity index (χ0v) is 17.6. The fourth-order valence-corrected chi connectivity index (χ4v) is 3.83. The third-order valence-electron chi connectivity index (χ3n) is 4.49. The number of ether oxygens (including phenoxy) is 3. The predicted octanol–water partition coefficient (Wildman–Crippen LogP) is 3.09. The van der Waals surface area contributed by atoms with Gasteiger partial charge in [0.2, 0.25) is 0 Å². The second-order valence-corrected chi connectivity index (χ2v) is 7.34. The third kappa shape index (κ3) is 4.62. The second-order valence-electron chi connectivity index (χ2n) is 6.43. The minimum atomic E-state index is -0.763. The van der Waals surface area contributed by atoms with Crippen LogP contribution in [-0.2, 0) is 14.3 Å². The molecule has 0 bridgehead atoms. The zero-order chi connectivity index (χ0) is 21.7. The Balaban J connectivity index is 1.93. The number of methoxy groups -OCH3 is 1. The monoisotopic (exact) mass is 430 g/mol. The van der Waals surface area contributed by atoms with Gasteiger partial charge >= 0.3 is 18.0 Å². The third-order valence-corrected chi connectivity index (χ3v) is 5.49. The van der Waals surface area contributed by atoms with Crippen molar-refractivity contribution in [1.29, 1.82) is 0 Å². The molecule has 0 aliphatic carbocycles. The van der Waals surface area contributed by atoms with Gasteiger partial charge in [0.1, 0.15) is 17.2 Å². The van der Waals surface area contributed by atoms with Crippen LogP contribution < -0.4 is 15.4 Å². The predicted molar refractivity (Wildman–Crippen MR) is 110 cm³/mol. The molecule has 0 saturated heterocycles. The molecule has 1 unspecified atom stereocenters. The lowest BCUT2D eigenvalue weighted by molar-refractivity contribution is -0.139. The number of hydrogen-bond donors (Lipinski definition) is 2. The summed E-state index contributed by atoms with van der Waals surface area (Å²) in [7, 11) is 1.55. The number of thiophene rings is 1. The van der Waals surface area contributed by atoms with Crippen molar-refractivity contribution in [1.82, 2.24) is 10.6 Å². The lowest BCUT2D eigenvalue weighted by Crippen LogP contribution is -2.47. The molecule has 2 heterocycles. The Morgan fingerprint density at radius 3 is 2.43 bits per heavy atom. The lowest BCUT2D eigenvalue weighted by atomic mass is 9.95. The van der Waals surface area contributed by atoms with Crippen LogP contribution >= 0.6 is 11.3 Å². The van der Waals surface area contributed by atoms with E-state index < -0.39 is 24.0 Å². The molecule has 2 aromatic rings. The molecule has 2 N–H and O–H groups in total. The average Bonchev–Trinajstić information content (AvgIpc) is 3.17. The molecule has 1 aliphatic heterocycles. The highest BCUT2D eigenvalue weighted by Gasteiger charge is 2.34. The summed E-state index contributed by atoms with van der Waals surface area (Å²) in [4.78, 5) is 37.8. The van der Waals surface area contributed by atoms with Crippen LogP contribution in [0, 0.1) is 6.92 Å². The molecule has 0 radical (unpaired) electrons. The molecule has 8 nitrogen and oxygen atoms in total. The number of aryl methyl sites for hydroxylation is 1. The number of hydrogen-bond acceptors (Lipinski definition) is 7. The number of esters is 2. The van der Waals surface area contributed by atoms with Gasteiger partial charge in [-0.05, 0) is 48.6 Å². The SMILES string of the molecule is CCOC(=O)C1=C(COC(=O)c2sccc2C)NC(=O)NC1c1ccc(OC)cc1. The molecular formula is C21H22N2O6S. The van der Waals surface area contributed by atoms with Gasteiger partial charge in [-0.15, -0.1) is 11.3 Å². The van der Waals surface area contributed by atoms with Gasteiger partial charge in [-0.25, -0.2) is 14.4 Å². The first-order valence-electron chi connectivity index (χ1n) is 9.27. The number of rotatable bonds is 7. The molecule has 1 aromatic heterocycles. The minimum Gasteiger partial charge on any atom is -0.497 e. The van der Waals surface area contributed by atoms with Crippen LogP contribution in [0.25, 0.3) is 0 Å². The molecule has 0 saturated carbocycles. The van der Waals surface area contributed by atoms with Gasteiger partial charge in [-0.1, -0.05) is 12.1 Å². The van der Waals surface area contributed by atoms with Gasteiger partial charge in [0.25, 0.3) is 0 Å². The van der Waals surface area contributed by atoms with Crippen LogP contribution in [0.5, 0.6) is 5.75 Å². The fraction of sp³-hybridized carbons (Fsp3) is 0.286. The van der Waals surface area contributed by atoms with Gasteiger partial charge in [0.15, 0.2) is 0 Å². The van der Waals surface area contributed by atoms with Crippen molar-refractivity contribution in [2.75, 3.05) is 20.3 Å². The van der Waals surface area contributed by atoms with E-state index in [9.17, 15) is 14.4 Å². The molecule has 158 valence electrons. The number of amides is 2. The van der Waals surface area contributed by atoms with Crippen molar-refractivity contribution in [3.8, 4) is 5.75 Å². The van der Waals surface area contributed by atoms with E-state index in [2.05, 4.69) is 10.6 Å². The fourth-order valence-electron chi connectivity index (χ4n) is 3.01. The van der Waals surface area contributed by atoms with Crippen molar-refractivity contribution >= 4 is 29.3 Å². The summed E-state index contributed by atoms with van der Waals surface area (Å²) in [6.07, 6.45) is 0. The van der Waals surface area contributed by atoms with Gasteiger partial charge < -0.3 is 24.8 Å². The first kappa shape index (κ1) is 21.4. The first-order valence-corrected chi connectivity index (χ1v) is 10.1. The molecule has 3 rings (SSSR count). The highest BCUT2D eigenvalue weighted by atomic mass is 32.1. The molecule has 0 fully saturated rings. The Morgan fingerprint density at radius 1 is 1.10 bits per heavy atom. The summed E-state index contributed by atoms with van der Waals surface area (Å²) < 4.78 is 15.7. The minimum absolute atomic E-state index is 0.160. The van der Waals surface area contributed by atoms with E-state index in [4.69, 9.17) is 14.2 Å². The Labute approximate surface area is 177 Å². The van der Waals surface area contributed by atoms with E-state index in [0.717, 1.165) is 5.56 Å². The molecule has 0 spiro atoms. The van der Waals surface area contributed by atoms with E-state index in [0.29, 0.717) is 16.2 Å². The highest BCUT2D eigenvalue weighted by molar-refractivity contribution is 7.12. The maximum absolute atomic E-state index is 12.7. The molecule has 1 atom stereocenters. The summed E-state index contributed by atoms with van der Waals surface area (Å²) in [6.45, 7) is 3.38. The second kappa shape index (κ2) is 9.45. The molecular weight excluding hydrogens is 408 g/mol. The van der Waals surface area contributed by atoms with Crippen molar-refractivity contribution in [3.63, 3.8) is 0 Å². The highest BCUT2D eigenvalue weighted by Crippen LogP contribution is 2.29. The van der Waals surface area contributed by atoms with Crippen molar-refractivity contribution in [2.45, 2.75) is 19.9 Å². The van der Waals surface area contributed by atoms with Gasteiger partial charge in [0, 0.05) is 0 Å². The zero-order valence-electron chi connectivity index (χ0n) is 16.8. The standard InChI is InChI=1S/C21H22N2O6S/c1-4-28-19(24)16-15(11-29-20(25)18-12(2)9-10-30-18)22-21(26)23-17(16)13-5-7-14(27-3)8-6-13/h5-10,17H,4,11H2,1-3H3,(H2,22,23,26). The smallest absolute Gasteiger partial charge is 0.348 e. The maximum atomic E-state index is 12.7. The number of benzene rings is 1. The molecule has 30 heavy (non-hydrogen) atoms. The number of urea groups is 1. The van der Waals surface area contributed by atoms with Crippen LogP contribution in [0.1, 0.15) is 33.8 Å². The molecule has 1 aliphatic rings. The van der Waals surface area contributed by atoms with E-state index >= 15 is 0 Å². The number of carbonyl (C=O) groups is 3. The van der Waals surface area contributed by atoms with E-state index in [-0.39, 0.29) is 24.5 Å². The van der Waals surface area contributed by atoms with E-state index in [1.165, 1.54) is 11.3 Å².